The second-order valence-corrected chi connectivity index (χ2v) is 7.74. The molecule has 0 N–H and O–H groups in total. The minimum Gasteiger partial charge on any atom is -0.493 e. The lowest BCUT2D eigenvalue weighted by Crippen LogP contribution is -2.51. The Balaban J connectivity index is 1.47. The zero-order chi connectivity index (χ0) is 20.9. The van der Waals surface area contributed by atoms with Crippen molar-refractivity contribution in [2.75, 3.05) is 39.9 Å². The van der Waals surface area contributed by atoms with Gasteiger partial charge in [0.25, 0.3) is 0 Å². The maximum Gasteiger partial charge on any atom is 0.422 e. The zero-order valence-corrected chi connectivity index (χ0v) is 16.8. The monoisotopic (exact) mass is 414 g/mol. The number of ether oxygens (including phenoxy) is 2. The molecule has 0 radical (unpaired) electrons. The molecule has 0 atom stereocenters. The minimum atomic E-state index is -4.40. The topological polar surface area (TPSA) is 42.0 Å². The number of halogens is 3. The lowest BCUT2D eigenvalue weighted by molar-refractivity contribution is -0.153. The van der Waals surface area contributed by atoms with E-state index >= 15 is 0 Å². The molecular formula is C21H29F3N2O3. The van der Waals surface area contributed by atoms with E-state index in [1.54, 1.807) is 12.1 Å². The summed E-state index contributed by atoms with van der Waals surface area (Å²) in [5.74, 6) is 0.403. The molecule has 162 valence electrons. The van der Waals surface area contributed by atoms with Gasteiger partial charge in [-0.2, -0.15) is 13.2 Å². The quantitative estimate of drug-likeness (QED) is 0.683. The normalized spacial score (nSPS) is 18.8. The molecule has 1 aliphatic heterocycles. The van der Waals surface area contributed by atoms with Crippen LogP contribution in [0, 0.1) is 0 Å². The van der Waals surface area contributed by atoms with Crippen molar-refractivity contribution in [2.24, 2.45) is 0 Å². The van der Waals surface area contributed by atoms with Crippen LogP contribution in [-0.2, 0) is 11.2 Å². The first-order valence-electron chi connectivity index (χ1n) is 10.2. The van der Waals surface area contributed by atoms with Gasteiger partial charge in [0.15, 0.2) is 18.1 Å². The number of piperazine rings is 1. The van der Waals surface area contributed by atoms with Crippen LogP contribution in [0.1, 0.15) is 37.7 Å². The fraction of sp³-hybridized carbons (Fsp3) is 0.667. The van der Waals surface area contributed by atoms with Crippen molar-refractivity contribution in [1.29, 1.82) is 0 Å². The summed E-state index contributed by atoms with van der Waals surface area (Å²) in [5.41, 5.74) is 0.833. The summed E-state index contributed by atoms with van der Waals surface area (Å²) in [6.45, 7) is 2.05. The number of amides is 1. The Labute approximate surface area is 169 Å². The van der Waals surface area contributed by atoms with Crippen molar-refractivity contribution < 1.29 is 27.4 Å². The highest BCUT2D eigenvalue weighted by Gasteiger charge is 2.29. The van der Waals surface area contributed by atoms with E-state index in [9.17, 15) is 18.0 Å². The third-order valence-electron chi connectivity index (χ3n) is 5.75. The van der Waals surface area contributed by atoms with E-state index in [0.29, 0.717) is 18.9 Å². The van der Waals surface area contributed by atoms with Crippen molar-refractivity contribution >= 4 is 5.91 Å². The molecule has 1 saturated carbocycles. The van der Waals surface area contributed by atoms with E-state index in [0.717, 1.165) is 31.7 Å². The number of carbonyl (C=O) groups excluding carboxylic acids is 1. The Hall–Kier alpha value is -1.96. The minimum absolute atomic E-state index is 0.0444. The average Bonchev–Trinajstić information content (AvgIpc) is 3.25. The third kappa shape index (κ3) is 6.26. The molecule has 0 spiro atoms. The van der Waals surface area contributed by atoms with Crippen LogP contribution in [0.3, 0.4) is 0 Å². The summed E-state index contributed by atoms with van der Waals surface area (Å²) in [4.78, 5) is 17.0. The number of hydrogen-bond donors (Lipinski definition) is 0. The smallest absolute Gasteiger partial charge is 0.422 e. The predicted molar refractivity (Wildman–Crippen MR) is 103 cm³/mol. The van der Waals surface area contributed by atoms with Crippen LogP contribution >= 0.6 is 0 Å². The molecule has 1 heterocycles. The Morgan fingerprint density at radius 1 is 1.10 bits per heavy atom. The van der Waals surface area contributed by atoms with Crippen molar-refractivity contribution in [3.05, 3.63) is 23.8 Å². The molecule has 5 nitrogen and oxygen atoms in total. The number of methoxy groups -OCH3 is 1. The molecule has 1 aromatic carbocycles. The molecule has 1 saturated heterocycles. The summed E-state index contributed by atoms with van der Waals surface area (Å²) in [6.07, 6.45) is 1.66. The number of alkyl halides is 3. The number of hydrogen-bond acceptors (Lipinski definition) is 4. The first-order valence-corrected chi connectivity index (χ1v) is 10.2. The second kappa shape index (κ2) is 9.69. The van der Waals surface area contributed by atoms with Crippen LogP contribution in [0.4, 0.5) is 13.2 Å². The van der Waals surface area contributed by atoms with Gasteiger partial charge in [-0.25, -0.2) is 0 Å². The largest absolute Gasteiger partial charge is 0.493 e. The number of rotatable bonds is 7. The predicted octanol–water partition coefficient (Wildman–Crippen LogP) is 3.66. The van der Waals surface area contributed by atoms with Crippen molar-refractivity contribution in [3.63, 3.8) is 0 Å². The molecule has 1 amide bonds. The van der Waals surface area contributed by atoms with E-state index in [1.165, 1.54) is 38.9 Å². The van der Waals surface area contributed by atoms with Gasteiger partial charge in [0.2, 0.25) is 5.91 Å². The summed E-state index contributed by atoms with van der Waals surface area (Å²) in [5, 5.41) is 0. The van der Waals surface area contributed by atoms with Crippen LogP contribution < -0.4 is 9.47 Å². The number of aryl methyl sites for hydroxylation is 1. The van der Waals surface area contributed by atoms with Crippen molar-refractivity contribution in [3.8, 4) is 11.5 Å². The molecule has 8 heteroatoms. The summed E-state index contributed by atoms with van der Waals surface area (Å²) < 4.78 is 47.0. The van der Waals surface area contributed by atoms with Crippen molar-refractivity contribution in [1.82, 2.24) is 9.80 Å². The summed E-state index contributed by atoms with van der Waals surface area (Å²) >= 11 is 0. The van der Waals surface area contributed by atoms with Crippen LogP contribution in [0.5, 0.6) is 11.5 Å². The number of nitrogens with zero attached hydrogens (tertiary/aromatic N) is 2. The van der Waals surface area contributed by atoms with Crippen LogP contribution in [-0.4, -0.2) is 67.8 Å². The first kappa shape index (κ1) is 21.7. The SMILES string of the molecule is COc1cc(CCC(=O)N2CCN(C3CCCC3)CC2)ccc1OCC(F)(F)F. The standard InChI is InChI=1S/C21H29F3N2O3/c1-28-19-14-16(6-8-18(19)29-15-21(22,23)24)7-9-20(27)26-12-10-25(11-13-26)17-4-2-3-5-17/h6,8,14,17H,2-5,7,9-13,15H2,1H3. The Morgan fingerprint density at radius 2 is 1.79 bits per heavy atom. The highest BCUT2D eigenvalue weighted by atomic mass is 19.4. The van der Waals surface area contributed by atoms with Gasteiger partial charge in [0.05, 0.1) is 7.11 Å². The molecule has 1 aliphatic carbocycles. The summed E-state index contributed by atoms with van der Waals surface area (Å²) in [6, 6.07) is 5.47. The van der Waals surface area contributed by atoms with Gasteiger partial charge in [0, 0.05) is 38.6 Å². The van der Waals surface area contributed by atoms with Gasteiger partial charge >= 0.3 is 6.18 Å². The average molecular weight is 414 g/mol. The van der Waals surface area contributed by atoms with Gasteiger partial charge in [-0.3, -0.25) is 9.69 Å². The molecule has 1 aromatic rings. The van der Waals surface area contributed by atoms with Gasteiger partial charge < -0.3 is 14.4 Å². The molecule has 0 unspecified atom stereocenters. The van der Waals surface area contributed by atoms with E-state index in [2.05, 4.69) is 4.90 Å². The lowest BCUT2D eigenvalue weighted by atomic mass is 10.1. The van der Waals surface area contributed by atoms with Gasteiger partial charge in [-0.05, 0) is 37.0 Å². The van der Waals surface area contributed by atoms with Gasteiger partial charge in [-0.1, -0.05) is 18.9 Å². The van der Waals surface area contributed by atoms with Crippen LogP contribution in [0.15, 0.2) is 18.2 Å². The fourth-order valence-corrected chi connectivity index (χ4v) is 4.16. The second-order valence-electron chi connectivity index (χ2n) is 7.74. The molecule has 2 aliphatic rings. The van der Waals surface area contributed by atoms with E-state index in [-0.39, 0.29) is 17.4 Å². The van der Waals surface area contributed by atoms with E-state index in [4.69, 9.17) is 9.47 Å². The fourth-order valence-electron chi connectivity index (χ4n) is 4.16. The third-order valence-corrected chi connectivity index (χ3v) is 5.75. The Kier molecular flexibility index (Phi) is 7.27. The molecule has 3 rings (SSSR count). The van der Waals surface area contributed by atoms with Gasteiger partial charge in [-0.15, -0.1) is 0 Å². The van der Waals surface area contributed by atoms with Crippen LogP contribution in [0.2, 0.25) is 0 Å². The first-order chi connectivity index (χ1) is 13.9. The van der Waals surface area contributed by atoms with E-state index in [1.807, 2.05) is 4.90 Å². The van der Waals surface area contributed by atoms with Crippen molar-refractivity contribution in [2.45, 2.75) is 50.7 Å². The zero-order valence-electron chi connectivity index (χ0n) is 16.8. The number of benzene rings is 1. The highest BCUT2D eigenvalue weighted by Crippen LogP contribution is 2.30. The highest BCUT2D eigenvalue weighted by molar-refractivity contribution is 5.76. The Morgan fingerprint density at radius 3 is 2.41 bits per heavy atom. The number of carbonyl (C=O) groups is 1. The Bertz CT molecular complexity index is 682. The lowest BCUT2D eigenvalue weighted by Gasteiger charge is -2.38. The summed E-state index contributed by atoms with van der Waals surface area (Å²) in [7, 11) is 1.38. The molecule has 29 heavy (non-hydrogen) atoms. The molecule has 0 aromatic heterocycles. The maximum atomic E-state index is 12.6. The van der Waals surface area contributed by atoms with Crippen LogP contribution in [0.25, 0.3) is 0 Å². The maximum absolute atomic E-state index is 12.6. The van der Waals surface area contributed by atoms with Gasteiger partial charge in [0.1, 0.15) is 0 Å². The van der Waals surface area contributed by atoms with E-state index < -0.39 is 12.8 Å². The molecule has 2 fully saturated rings. The molecular weight excluding hydrogens is 385 g/mol. The molecule has 0 bridgehead atoms.